The number of morpholine rings is 1. The van der Waals surface area contributed by atoms with Crippen molar-refractivity contribution in [3.63, 3.8) is 0 Å². The molecule has 2 aromatic rings. The topological polar surface area (TPSA) is 58.9 Å². The van der Waals surface area contributed by atoms with Gasteiger partial charge in [0.05, 0.1) is 18.1 Å². The quantitative estimate of drug-likeness (QED) is 0.567. The third-order valence-electron chi connectivity index (χ3n) is 5.75. The Morgan fingerprint density at radius 1 is 1.04 bits per heavy atom. The molecule has 0 unspecified atom stereocenters. The van der Waals surface area contributed by atoms with Crippen LogP contribution in [-0.4, -0.2) is 49.2 Å². The molecular formula is C22H27N3O3. The van der Waals surface area contributed by atoms with Gasteiger partial charge < -0.3 is 9.64 Å². The number of nitro benzene ring substituents is 1. The maximum Gasteiger partial charge on any atom is 0.292 e. The van der Waals surface area contributed by atoms with Crippen LogP contribution in [0.4, 0.5) is 11.4 Å². The number of ether oxygens (including phenoxy) is 1. The summed E-state index contributed by atoms with van der Waals surface area (Å²) in [5.74, 6) is 0. The van der Waals surface area contributed by atoms with Gasteiger partial charge in [-0.2, -0.15) is 0 Å². The lowest BCUT2D eigenvalue weighted by Gasteiger charge is -2.30. The smallest absolute Gasteiger partial charge is 0.292 e. The molecule has 148 valence electrons. The Morgan fingerprint density at radius 2 is 1.82 bits per heavy atom. The number of aryl methyl sites for hydroxylation is 1. The minimum atomic E-state index is -0.235. The van der Waals surface area contributed by atoms with Crippen molar-refractivity contribution in [1.82, 2.24) is 4.90 Å². The van der Waals surface area contributed by atoms with Gasteiger partial charge in [0, 0.05) is 32.2 Å². The van der Waals surface area contributed by atoms with Crippen LogP contribution in [0.2, 0.25) is 0 Å². The second-order valence-electron chi connectivity index (χ2n) is 7.58. The molecule has 4 rings (SSSR count). The fourth-order valence-electron chi connectivity index (χ4n) is 4.17. The molecule has 2 aliphatic heterocycles. The number of hydrogen-bond donors (Lipinski definition) is 0. The molecule has 28 heavy (non-hydrogen) atoms. The largest absolute Gasteiger partial charge is 0.379 e. The maximum absolute atomic E-state index is 11.7. The molecule has 0 spiro atoms. The minimum Gasteiger partial charge on any atom is -0.379 e. The molecule has 0 amide bonds. The molecule has 0 N–H and O–H groups in total. The van der Waals surface area contributed by atoms with Crippen LogP contribution < -0.4 is 4.90 Å². The van der Waals surface area contributed by atoms with E-state index in [1.807, 2.05) is 12.1 Å². The number of benzene rings is 2. The van der Waals surface area contributed by atoms with E-state index in [2.05, 4.69) is 34.1 Å². The van der Waals surface area contributed by atoms with E-state index in [1.165, 1.54) is 11.1 Å². The van der Waals surface area contributed by atoms with Crippen molar-refractivity contribution in [2.75, 3.05) is 44.3 Å². The Kier molecular flexibility index (Phi) is 5.88. The molecule has 0 saturated carbocycles. The average Bonchev–Trinajstić information content (AvgIpc) is 2.74. The van der Waals surface area contributed by atoms with Crippen LogP contribution in [0.3, 0.4) is 0 Å². The minimum absolute atomic E-state index is 0.225. The molecular weight excluding hydrogens is 354 g/mol. The first-order valence-electron chi connectivity index (χ1n) is 10.1. The van der Waals surface area contributed by atoms with Gasteiger partial charge in [-0.25, -0.2) is 0 Å². The molecule has 6 heteroatoms. The van der Waals surface area contributed by atoms with Gasteiger partial charge in [-0.3, -0.25) is 15.0 Å². The highest BCUT2D eigenvalue weighted by Crippen LogP contribution is 2.33. The second kappa shape index (κ2) is 8.71. The molecule has 2 aliphatic rings. The average molecular weight is 381 g/mol. The summed E-state index contributed by atoms with van der Waals surface area (Å²) in [5, 5.41) is 11.7. The van der Waals surface area contributed by atoms with Gasteiger partial charge in [0.1, 0.15) is 5.69 Å². The van der Waals surface area contributed by atoms with Gasteiger partial charge >= 0.3 is 0 Å². The van der Waals surface area contributed by atoms with E-state index in [9.17, 15) is 10.1 Å². The lowest BCUT2D eigenvalue weighted by molar-refractivity contribution is -0.384. The van der Waals surface area contributed by atoms with E-state index in [0.29, 0.717) is 0 Å². The summed E-state index contributed by atoms with van der Waals surface area (Å²) in [6.45, 7) is 6.13. The van der Waals surface area contributed by atoms with Gasteiger partial charge in [0.25, 0.3) is 5.69 Å². The van der Waals surface area contributed by atoms with Crippen molar-refractivity contribution >= 4 is 11.4 Å². The van der Waals surface area contributed by atoms with Crippen LogP contribution >= 0.6 is 0 Å². The molecule has 0 atom stereocenters. The zero-order chi connectivity index (χ0) is 19.3. The Bertz CT molecular complexity index is 834. The first kappa shape index (κ1) is 18.9. The Labute approximate surface area is 165 Å². The third kappa shape index (κ3) is 4.34. The number of nitro groups is 1. The molecule has 1 saturated heterocycles. The van der Waals surface area contributed by atoms with E-state index in [0.717, 1.165) is 76.5 Å². The van der Waals surface area contributed by atoms with Gasteiger partial charge in [0.2, 0.25) is 0 Å². The monoisotopic (exact) mass is 381 g/mol. The highest BCUT2D eigenvalue weighted by Gasteiger charge is 2.23. The molecule has 0 aliphatic carbocycles. The van der Waals surface area contributed by atoms with Crippen LogP contribution in [0, 0.1) is 10.1 Å². The lowest BCUT2D eigenvalue weighted by Crippen LogP contribution is -2.36. The molecule has 0 bridgehead atoms. The normalized spacial score (nSPS) is 17.4. The first-order valence-corrected chi connectivity index (χ1v) is 10.1. The third-order valence-corrected chi connectivity index (χ3v) is 5.75. The van der Waals surface area contributed by atoms with E-state index in [4.69, 9.17) is 4.74 Å². The summed E-state index contributed by atoms with van der Waals surface area (Å²) in [5.41, 5.74) is 4.61. The van der Waals surface area contributed by atoms with Crippen LogP contribution in [0.25, 0.3) is 0 Å². The molecule has 0 radical (unpaired) electrons. The summed E-state index contributed by atoms with van der Waals surface area (Å²) in [6, 6.07) is 14.1. The molecule has 2 heterocycles. The van der Waals surface area contributed by atoms with E-state index in [1.54, 1.807) is 6.07 Å². The molecule has 1 fully saturated rings. The number of anilines is 1. The van der Waals surface area contributed by atoms with Crippen LogP contribution in [0.5, 0.6) is 0 Å². The summed E-state index contributed by atoms with van der Waals surface area (Å²) < 4.78 is 5.38. The summed E-state index contributed by atoms with van der Waals surface area (Å²) in [4.78, 5) is 16.0. The fourth-order valence-corrected chi connectivity index (χ4v) is 4.17. The summed E-state index contributed by atoms with van der Waals surface area (Å²) in [7, 11) is 0. The van der Waals surface area contributed by atoms with Crippen LogP contribution in [-0.2, 0) is 24.1 Å². The Balaban J connectivity index is 1.44. The van der Waals surface area contributed by atoms with Gasteiger partial charge in [0.15, 0.2) is 0 Å². The standard InChI is InChI=1S/C22H27N3O3/c26-25(27)22-16-18(4-3-10-23-12-14-28-15-13-23)7-8-21(22)24-11-9-19-5-1-2-6-20(19)17-24/h1-2,5-8,16H,3-4,9-15,17H2. The predicted molar refractivity (Wildman–Crippen MR) is 110 cm³/mol. The highest BCUT2D eigenvalue weighted by molar-refractivity contribution is 5.65. The van der Waals surface area contributed by atoms with Crippen molar-refractivity contribution < 1.29 is 9.66 Å². The second-order valence-corrected chi connectivity index (χ2v) is 7.58. The van der Waals surface area contributed by atoms with E-state index >= 15 is 0 Å². The fraction of sp³-hybridized carbons (Fsp3) is 0.455. The lowest BCUT2D eigenvalue weighted by atomic mass is 9.99. The summed E-state index contributed by atoms with van der Waals surface area (Å²) in [6.07, 6.45) is 2.80. The zero-order valence-electron chi connectivity index (χ0n) is 16.2. The van der Waals surface area contributed by atoms with Crippen molar-refractivity contribution in [3.8, 4) is 0 Å². The number of nitrogens with zero attached hydrogens (tertiary/aromatic N) is 3. The zero-order valence-corrected chi connectivity index (χ0v) is 16.2. The van der Waals surface area contributed by atoms with Gasteiger partial charge in [-0.15, -0.1) is 0 Å². The molecule has 2 aromatic carbocycles. The molecule has 6 nitrogen and oxygen atoms in total. The predicted octanol–water partition coefficient (Wildman–Crippen LogP) is 3.42. The van der Waals surface area contributed by atoms with Crippen LogP contribution in [0.15, 0.2) is 42.5 Å². The van der Waals surface area contributed by atoms with Crippen molar-refractivity contribution in [2.45, 2.75) is 25.8 Å². The Hall–Kier alpha value is -2.44. The van der Waals surface area contributed by atoms with E-state index < -0.39 is 0 Å². The number of fused-ring (bicyclic) bond motifs is 1. The van der Waals surface area contributed by atoms with Crippen molar-refractivity contribution in [2.24, 2.45) is 0 Å². The number of rotatable bonds is 6. The highest BCUT2D eigenvalue weighted by atomic mass is 16.6. The van der Waals surface area contributed by atoms with Gasteiger partial charge in [-0.05, 0) is 48.6 Å². The maximum atomic E-state index is 11.7. The number of hydrogen-bond acceptors (Lipinski definition) is 5. The first-order chi connectivity index (χ1) is 13.7. The van der Waals surface area contributed by atoms with E-state index in [-0.39, 0.29) is 10.6 Å². The van der Waals surface area contributed by atoms with Gasteiger partial charge in [-0.1, -0.05) is 30.3 Å². The Morgan fingerprint density at radius 3 is 2.61 bits per heavy atom. The SMILES string of the molecule is O=[N+]([O-])c1cc(CCCN2CCOCC2)ccc1N1CCc2ccccc2C1. The summed E-state index contributed by atoms with van der Waals surface area (Å²) >= 11 is 0. The van der Waals surface area contributed by atoms with Crippen molar-refractivity contribution in [3.05, 3.63) is 69.3 Å². The van der Waals surface area contributed by atoms with Crippen molar-refractivity contribution in [1.29, 1.82) is 0 Å². The molecule has 0 aromatic heterocycles. The van der Waals surface area contributed by atoms with Crippen LogP contribution in [0.1, 0.15) is 23.1 Å².